The Balaban J connectivity index is 1.84. The van der Waals surface area contributed by atoms with Crippen molar-refractivity contribution in [1.82, 2.24) is 0 Å². The molecule has 2 atom stereocenters. The molecule has 1 aromatic heterocycles. The van der Waals surface area contributed by atoms with Crippen LogP contribution in [0.1, 0.15) is 27.7 Å². The van der Waals surface area contributed by atoms with Gasteiger partial charge in [0.05, 0.1) is 12.7 Å². The Bertz CT molecular complexity index is 829. The number of hydrogen-bond acceptors (Lipinski definition) is 6. The van der Waals surface area contributed by atoms with E-state index < -0.39 is 18.2 Å². The molecule has 2 heterocycles. The quantitative estimate of drug-likeness (QED) is 0.849. The van der Waals surface area contributed by atoms with Gasteiger partial charge in [0, 0.05) is 4.88 Å². The third-order valence-corrected chi connectivity index (χ3v) is 5.23. The molecule has 1 N–H and O–H groups in total. The Hall–Kier alpha value is -2.54. The highest BCUT2D eigenvalue weighted by atomic mass is 32.1. The zero-order valence-electron chi connectivity index (χ0n) is 14.4. The maximum atomic E-state index is 12.7. The zero-order valence-corrected chi connectivity index (χ0v) is 15.2. The van der Waals surface area contributed by atoms with Gasteiger partial charge in [-0.1, -0.05) is 12.1 Å². The van der Waals surface area contributed by atoms with E-state index in [9.17, 15) is 9.59 Å². The van der Waals surface area contributed by atoms with Crippen LogP contribution in [0.25, 0.3) is 0 Å². The molecule has 0 aliphatic carbocycles. The molecule has 0 saturated heterocycles. The van der Waals surface area contributed by atoms with Gasteiger partial charge in [0.15, 0.2) is 11.5 Å². The maximum absolute atomic E-state index is 12.7. The van der Waals surface area contributed by atoms with Gasteiger partial charge in [-0.3, -0.25) is 4.79 Å². The van der Waals surface area contributed by atoms with E-state index in [0.29, 0.717) is 22.1 Å². The lowest BCUT2D eigenvalue weighted by Gasteiger charge is -2.30. The average molecular weight is 361 g/mol. The number of nitrogens with one attached hydrogen (secondary N) is 1. The second-order valence-corrected chi connectivity index (χ2v) is 7.00. The Labute approximate surface area is 149 Å². The number of aryl methyl sites for hydroxylation is 1. The van der Waals surface area contributed by atoms with E-state index in [1.807, 2.05) is 26.0 Å². The van der Waals surface area contributed by atoms with E-state index >= 15 is 0 Å². The van der Waals surface area contributed by atoms with Crippen LogP contribution in [0.4, 0.5) is 5.00 Å². The number of benzene rings is 1. The van der Waals surface area contributed by atoms with Crippen LogP contribution in [0.15, 0.2) is 24.3 Å². The van der Waals surface area contributed by atoms with Gasteiger partial charge in [-0.05, 0) is 38.5 Å². The predicted octanol–water partition coefficient (Wildman–Crippen LogP) is 3.32. The van der Waals surface area contributed by atoms with Crippen LogP contribution in [0, 0.1) is 13.8 Å². The number of ether oxygens (including phenoxy) is 3. The van der Waals surface area contributed by atoms with E-state index in [2.05, 4.69) is 5.32 Å². The minimum Gasteiger partial charge on any atom is -0.482 e. The summed E-state index contributed by atoms with van der Waals surface area (Å²) in [5.41, 5.74) is 1.18. The summed E-state index contributed by atoms with van der Waals surface area (Å²) >= 11 is 1.33. The maximum Gasteiger partial charge on any atom is 0.341 e. The summed E-state index contributed by atoms with van der Waals surface area (Å²) in [6.07, 6.45) is -1.28. The summed E-state index contributed by atoms with van der Waals surface area (Å²) in [4.78, 5) is 25.7. The van der Waals surface area contributed by atoms with Crippen LogP contribution in [0.5, 0.6) is 11.5 Å². The molecule has 0 unspecified atom stereocenters. The summed E-state index contributed by atoms with van der Waals surface area (Å²) in [5, 5.41) is 3.25. The van der Waals surface area contributed by atoms with Crippen molar-refractivity contribution in [1.29, 1.82) is 0 Å². The largest absolute Gasteiger partial charge is 0.482 e. The van der Waals surface area contributed by atoms with E-state index in [4.69, 9.17) is 14.2 Å². The molecular weight excluding hydrogens is 342 g/mol. The van der Waals surface area contributed by atoms with Gasteiger partial charge >= 0.3 is 5.97 Å². The van der Waals surface area contributed by atoms with Gasteiger partial charge < -0.3 is 19.5 Å². The third kappa shape index (κ3) is 3.19. The number of amides is 1. The van der Waals surface area contributed by atoms with E-state index in [1.54, 1.807) is 19.1 Å². The molecular formula is C18H19NO5S. The number of methoxy groups -OCH3 is 1. The lowest BCUT2D eigenvalue weighted by molar-refractivity contribution is -0.127. The molecule has 0 spiro atoms. The average Bonchev–Trinajstić information content (AvgIpc) is 2.87. The van der Waals surface area contributed by atoms with Crippen molar-refractivity contribution in [3.8, 4) is 11.5 Å². The molecule has 0 radical (unpaired) electrons. The molecule has 1 aromatic carbocycles. The number of para-hydroxylation sites is 2. The lowest BCUT2D eigenvalue weighted by Crippen LogP contribution is -2.46. The standard InChI is InChI=1S/C18H19NO5S/c1-9-11(3)25-17(14(9)18(21)22-4)19-16(20)15-10(2)23-12-7-5-6-8-13(12)24-15/h5-8,10,15H,1-4H3,(H,19,20)/t10-,15-/m1/s1. The number of anilines is 1. The van der Waals surface area contributed by atoms with Gasteiger partial charge in [0.2, 0.25) is 6.10 Å². The molecule has 25 heavy (non-hydrogen) atoms. The molecule has 1 aliphatic heterocycles. The van der Waals surface area contributed by atoms with Crippen molar-refractivity contribution in [2.45, 2.75) is 33.0 Å². The highest BCUT2D eigenvalue weighted by molar-refractivity contribution is 7.16. The van der Waals surface area contributed by atoms with Gasteiger partial charge in [-0.25, -0.2) is 4.79 Å². The minimum atomic E-state index is -0.817. The monoisotopic (exact) mass is 361 g/mol. The first-order valence-corrected chi connectivity index (χ1v) is 8.65. The molecule has 6 nitrogen and oxygen atoms in total. The molecule has 0 saturated carbocycles. The van der Waals surface area contributed by atoms with Gasteiger partial charge in [-0.2, -0.15) is 0 Å². The first-order valence-electron chi connectivity index (χ1n) is 7.84. The smallest absolute Gasteiger partial charge is 0.341 e. The number of fused-ring (bicyclic) bond motifs is 1. The van der Waals surface area contributed by atoms with Crippen molar-refractivity contribution in [3.05, 3.63) is 40.3 Å². The van der Waals surface area contributed by atoms with E-state index in [0.717, 1.165) is 10.4 Å². The summed E-state index contributed by atoms with van der Waals surface area (Å²) < 4.78 is 16.4. The molecule has 0 fully saturated rings. The van der Waals surface area contributed by atoms with Crippen LogP contribution in [0.3, 0.4) is 0 Å². The summed E-state index contributed by atoms with van der Waals surface area (Å²) in [5.74, 6) is 0.286. The van der Waals surface area contributed by atoms with Crippen molar-refractivity contribution in [2.24, 2.45) is 0 Å². The van der Waals surface area contributed by atoms with E-state index in [-0.39, 0.29) is 5.91 Å². The van der Waals surface area contributed by atoms with Gasteiger partial charge in [-0.15, -0.1) is 11.3 Å². The SMILES string of the molecule is COC(=O)c1c(NC(=O)[C@@H]2Oc3ccccc3O[C@@H]2C)sc(C)c1C. The zero-order chi connectivity index (χ0) is 18.1. The molecule has 0 bridgehead atoms. The molecule has 3 rings (SSSR count). The number of thiophene rings is 1. The Morgan fingerprint density at radius 1 is 1.16 bits per heavy atom. The second-order valence-electron chi connectivity index (χ2n) is 5.78. The Kier molecular flexibility index (Phi) is 4.67. The highest BCUT2D eigenvalue weighted by Crippen LogP contribution is 2.36. The topological polar surface area (TPSA) is 73.9 Å². The lowest BCUT2D eigenvalue weighted by atomic mass is 10.1. The van der Waals surface area contributed by atoms with Crippen LogP contribution in [-0.4, -0.2) is 31.2 Å². The fourth-order valence-electron chi connectivity index (χ4n) is 2.65. The number of esters is 1. The fourth-order valence-corrected chi connectivity index (χ4v) is 3.70. The molecule has 2 aromatic rings. The normalized spacial score (nSPS) is 18.6. The molecule has 132 valence electrons. The van der Waals surface area contributed by atoms with Crippen molar-refractivity contribution < 1.29 is 23.8 Å². The number of hydrogen-bond donors (Lipinski definition) is 1. The first kappa shape index (κ1) is 17.3. The van der Waals surface area contributed by atoms with Crippen LogP contribution in [-0.2, 0) is 9.53 Å². The highest BCUT2D eigenvalue weighted by Gasteiger charge is 2.35. The number of carbonyl (C=O) groups excluding carboxylic acids is 2. The molecule has 7 heteroatoms. The fraction of sp³-hybridized carbons (Fsp3) is 0.333. The van der Waals surface area contributed by atoms with Crippen molar-refractivity contribution in [3.63, 3.8) is 0 Å². The van der Waals surface area contributed by atoms with Crippen molar-refractivity contribution in [2.75, 3.05) is 12.4 Å². The van der Waals surface area contributed by atoms with Gasteiger partial charge in [0.25, 0.3) is 5.91 Å². The second kappa shape index (κ2) is 6.76. The van der Waals surface area contributed by atoms with E-state index in [1.165, 1.54) is 18.4 Å². The Morgan fingerprint density at radius 3 is 2.44 bits per heavy atom. The van der Waals surface area contributed by atoms with Crippen LogP contribution in [0.2, 0.25) is 0 Å². The molecule has 1 aliphatic rings. The van der Waals surface area contributed by atoms with Gasteiger partial charge in [0.1, 0.15) is 11.1 Å². The van der Waals surface area contributed by atoms with Crippen LogP contribution >= 0.6 is 11.3 Å². The summed E-state index contributed by atoms with van der Waals surface area (Å²) in [7, 11) is 1.32. The third-order valence-electron chi connectivity index (χ3n) is 4.11. The van der Waals surface area contributed by atoms with Crippen molar-refractivity contribution >= 4 is 28.2 Å². The number of rotatable bonds is 3. The summed E-state index contributed by atoms with van der Waals surface area (Å²) in [6.45, 7) is 5.49. The Morgan fingerprint density at radius 2 is 1.80 bits per heavy atom. The van der Waals surface area contributed by atoms with Crippen LogP contribution < -0.4 is 14.8 Å². The molecule has 1 amide bonds. The minimum absolute atomic E-state index is 0.367. The summed E-state index contributed by atoms with van der Waals surface area (Å²) in [6, 6.07) is 7.20. The predicted molar refractivity (Wildman–Crippen MR) is 94.7 cm³/mol. The number of carbonyl (C=O) groups is 2. The first-order chi connectivity index (χ1) is 11.9.